The Labute approximate surface area is 89.9 Å². The fraction of sp³-hybridized carbons (Fsp3) is 1.00. The maximum atomic E-state index is 11.3. The van der Waals surface area contributed by atoms with Gasteiger partial charge >= 0.3 is 0 Å². The SMILES string of the molecule is CCC(O)(CC)CC1(S(=O)(=O)Cl)CC1. The molecule has 0 saturated heterocycles. The third-order valence-electron chi connectivity index (χ3n) is 3.29. The van der Waals surface area contributed by atoms with E-state index >= 15 is 0 Å². The van der Waals surface area contributed by atoms with Crippen LogP contribution in [0.4, 0.5) is 0 Å². The van der Waals surface area contributed by atoms with Gasteiger partial charge in [-0.1, -0.05) is 13.8 Å². The molecule has 5 heteroatoms. The average Bonchev–Trinajstić information content (AvgIpc) is 2.84. The van der Waals surface area contributed by atoms with E-state index in [1.54, 1.807) is 0 Å². The van der Waals surface area contributed by atoms with Gasteiger partial charge in [-0.2, -0.15) is 0 Å². The van der Waals surface area contributed by atoms with Crippen molar-refractivity contribution in [2.75, 3.05) is 0 Å². The highest BCUT2D eigenvalue weighted by molar-refractivity contribution is 8.15. The molecular weight excluding hydrogens is 224 g/mol. The third-order valence-corrected chi connectivity index (χ3v) is 5.86. The predicted octanol–water partition coefficient (Wildman–Crippen LogP) is 2.03. The van der Waals surface area contributed by atoms with Gasteiger partial charge < -0.3 is 5.11 Å². The Morgan fingerprint density at radius 3 is 2.00 bits per heavy atom. The Morgan fingerprint density at radius 2 is 1.79 bits per heavy atom. The van der Waals surface area contributed by atoms with Crippen molar-refractivity contribution in [3.05, 3.63) is 0 Å². The van der Waals surface area contributed by atoms with Crippen molar-refractivity contribution in [1.29, 1.82) is 0 Å². The van der Waals surface area contributed by atoms with Gasteiger partial charge in [-0.3, -0.25) is 0 Å². The Kier molecular flexibility index (Phi) is 3.20. The lowest BCUT2D eigenvalue weighted by atomic mass is 9.91. The van der Waals surface area contributed by atoms with Crippen molar-refractivity contribution in [3.63, 3.8) is 0 Å². The number of hydrogen-bond donors (Lipinski definition) is 1. The molecule has 0 amide bonds. The molecule has 0 atom stereocenters. The lowest BCUT2D eigenvalue weighted by Crippen LogP contribution is -2.35. The molecule has 0 radical (unpaired) electrons. The highest BCUT2D eigenvalue weighted by Crippen LogP contribution is 2.51. The van der Waals surface area contributed by atoms with E-state index in [-0.39, 0.29) is 6.42 Å². The van der Waals surface area contributed by atoms with Gasteiger partial charge in [-0.15, -0.1) is 0 Å². The smallest absolute Gasteiger partial charge is 0.238 e. The molecule has 1 aliphatic carbocycles. The molecule has 1 rings (SSSR count). The zero-order valence-corrected chi connectivity index (χ0v) is 10.2. The highest BCUT2D eigenvalue weighted by atomic mass is 35.7. The highest BCUT2D eigenvalue weighted by Gasteiger charge is 2.56. The maximum absolute atomic E-state index is 11.3. The monoisotopic (exact) mass is 240 g/mol. The minimum absolute atomic E-state index is 0.277. The normalized spacial score (nSPS) is 20.9. The predicted molar refractivity (Wildman–Crippen MR) is 56.9 cm³/mol. The standard InChI is InChI=1S/C9H17ClO3S/c1-3-8(11,4-2)7-9(5-6-9)14(10,12)13/h11H,3-7H2,1-2H3. The van der Waals surface area contributed by atoms with Crippen LogP contribution in [0.5, 0.6) is 0 Å². The second kappa shape index (κ2) is 3.65. The van der Waals surface area contributed by atoms with Crippen LogP contribution in [0.15, 0.2) is 0 Å². The third kappa shape index (κ3) is 2.23. The molecule has 1 aliphatic rings. The molecule has 14 heavy (non-hydrogen) atoms. The van der Waals surface area contributed by atoms with Gasteiger partial charge in [0.25, 0.3) is 0 Å². The van der Waals surface area contributed by atoms with Crippen molar-refractivity contribution in [3.8, 4) is 0 Å². The molecule has 84 valence electrons. The van der Waals surface area contributed by atoms with Gasteiger partial charge in [-0.25, -0.2) is 8.42 Å². The van der Waals surface area contributed by atoms with Crippen LogP contribution in [-0.4, -0.2) is 23.9 Å². The molecule has 0 aliphatic heterocycles. The van der Waals surface area contributed by atoms with Gasteiger partial charge in [0, 0.05) is 10.7 Å². The quantitative estimate of drug-likeness (QED) is 0.749. The zero-order chi connectivity index (χ0) is 11.0. The summed E-state index contributed by atoms with van der Waals surface area (Å²) in [5, 5.41) is 10.0. The lowest BCUT2D eigenvalue weighted by molar-refractivity contribution is 0.0209. The molecule has 0 aromatic heterocycles. The van der Waals surface area contributed by atoms with Gasteiger partial charge in [0.05, 0.1) is 10.3 Å². The molecule has 1 fully saturated rings. The fourth-order valence-corrected chi connectivity index (χ4v) is 3.40. The van der Waals surface area contributed by atoms with Crippen molar-refractivity contribution in [2.45, 2.75) is 56.3 Å². The van der Waals surface area contributed by atoms with Crippen LogP contribution in [0.3, 0.4) is 0 Å². The largest absolute Gasteiger partial charge is 0.390 e. The summed E-state index contributed by atoms with van der Waals surface area (Å²) >= 11 is 0. The van der Waals surface area contributed by atoms with E-state index in [1.807, 2.05) is 13.8 Å². The van der Waals surface area contributed by atoms with Crippen molar-refractivity contribution in [1.82, 2.24) is 0 Å². The molecule has 1 N–H and O–H groups in total. The van der Waals surface area contributed by atoms with Crippen LogP contribution in [0.1, 0.15) is 46.0 Å². The first-order chi connectivity index (χ1) is 6.29. The number of hydrogen-bond acceptors (Lipinski definition) is 3. The molecule has 3 nitrogen and oxygen atoms in total. The molecular formula is C9H17ClO3S. The fourth-order valence-electron chi connectivity index (χ4n) is 1.75. The van der Waals surface area contributed by atoms with Crippen LogP contribution < -0.4 is 0 Å². The van der Waals surface area contributed by atoms with Gasteiger partial charge in [-0.05, 0) is 32.1 Å². The summed E-state index contributed by atoms with van der Waals surface area (Å²) in [6, 6.07) is 0. The summed E-state index contributed by atoms with van der Waals surface area (Å²) in [5.74, 6) is 0. The summed E-state index contributed by atoms with van der Waals surface area (Å²) in [6.07, 6.45) is 2.58. The summed E-state index contributed by atoms with van der Waals surface area (Å²) in [4.78, 5) is 0. The maximum Gasteiger partial charge on any atom is 0.238 e. The topological polar surface area (TPSA) is 54.4 Å². The Balaban J connectivity index is 2.79. The van der Waals surface area contributed by atoms with Crippen molar-refractivity contribution in [2.24, 2.45) is 0 Å². The van der Waals surface area contributed by atoms with E-state index < -0.39 is 19.4 Å². The zero-order valence-electron chi connectivity index (χ0n) is 8.59. The van der Waals surface area contributed by atoms with E-state index in [1.165, 1.54) is 0 Å². The van der Waals surface area contributed by atoms with E-state index in [2.05, 4.69) is 0 Å². The lowest BCUT2D eigenvalue weighted by Gasteiger charge is -2.28. The van der Waals surface area contributed by atoms with Gasteiger partial charge in [0.1, 0.15) is 0 Å². The summed E-state index contributed by atoms with van der Waals surface area (Å²) in [5.41, 5.74) is -0.877. The van der Waals surface area contributed by atoms with Crippen LogP contribution >= 0.6 is 10.7 Å². The van der Waals surface area contributed by atoms with Gasteiger partial charge in [0.2, 0.25) is 9.05 Å². The minimum Gasteiger partial charge on any atom is -0.390 e. The number of halogens is 1. The van der Waals surface area contributed by atoms with Crippen molar-refractivity contribution < 1.29 is 13.5 Å². The first-order valence-corrected chi connectivity index (χ1v) is 7.26. The Morgan fingerprint density at radius 1 is 1.36 bits per heavy atom. The molecule has 0 heterocycles. The van der Waals surface area contributed by atoms with Crippen LogP contribution in [0.2, 0.25) is 0 Å². The Bertz CT molecular complexity index is 302. The van der Waals surface area contributed by atoms with Crippen LogP contribution in [0, 0.1) is 0 Å². The average molecular weight is 241 g/mol. The number of aliphatic hydroxyl groups is 1. The second-order valence-corrected chi connectivity index (χ2v) is 7.19. The molecule has 0 aromatic rings. The molecule has 0 aromatic carbocycles. The van der Waals surface area contributed by atoms with Gasteiger partial charge in [0.15, 0.2) is 0 Å². The molecule has 0 bridgehead atoms. The summed E-state index contributed by atoms with van der Waals surface area (Å²) in [6.45, 7) is 3.72. The summed E-state index contributed by atoms with van der Waals surface area (Å²) in [7, 11) is 1.84. The van der Waals surface area contributed by atoms with E-state index in [9.17, 15) is 13.5 Å². The van der Waals surface area contributed by atoms with Crippen molar-refractivity contribution >= 4 is 19.7 Å². The van der Waals surface area contributed by atoms with Crippen LogP contribution in [0.25, 0.3) is 0 Å². The number of rotatable bonds is 5. The first kappa shape index (κ1) is 12.3. The Hall–Kier alpha value is 0.200. The summed E-state index contributed by atoms with van der Waals surface area (Å²) < 4.78 is 21.7. The first-order valence-electron chi connectivity index (χ1n) is 4.95. The van der Waals surface area contributed by atoms with E-state index in [0.29, 0.717) is 25.7 Å². The van der Waals surface area contributed by atoms with E-state index in [4.69, 9.17) is 10.7 Å². The molecule has 0 unspecified atom stereocenters. The molecule has 1 saturated carbocycles. The second-order valence-electron chi connectivity index (χ2n) is 4.23. The molecule has 0 spiro atoms. The van der Waals surface area contributed by atoms with Crippen LogP contribution in [-0.2, 0) is 9.05 Å². The van der Waals surface area contributed by atoms with E-state index in [0.717, 1.165) is 0 Å². The minimum atomic E-state index is -3.53.